The quantitative estimate of drug-likeness (QED) is 0.940. The van der Waals surface area contributed by atoms with Crippen molar-refractivity contribution in [3.63, 3.8) is 0 Å². The zero-order valence-electron chi connectivity index (χ0n) is 12.7. The van der Waals surface area contributed by atoms with E-state index in [4.69, 9.17) is 0 Å². The summed E-state index contributed by atoms with van der Waals surface area (Å²) in [5.41, 5.74) is 0.681. The monoisotopic (exact) mass is 301 g/mol. The lowest BCUT2D eigenvalue weighted by atomic mass is 10.3. The first-order valence-corrected chi connectivity index (χ1v) is 7.56. The van der Waals surface area contributed by atoms with Crippen LogP contribution in [0.25, 0.3) is 0 Å². The van der Waals surface area contributed by atoms with Gasteiger partial charge in [-0.05, 0) is 24.7 Å². The van der Waals surface area contributed by atoms with Crippen molar-refractivity contribution in [3.05, 3.63) is 42.5 Å². The van der Waals surface area contributed by atoms with Crippen LogP contribution in [0.3, 0.4) is 0 Å². The van der Waals surface area contributed by atoms with E-state index in [0.29, 0.717) is 11.5 Å². The number of aromatic nitrogens is 2. The lowest BCUT2D eigenvalue weighted by Gasteiger charge is -2.34. The Balaban J connectivity index is 1.70. The van der Waals surface area contributed by atoms with Gasteiger partial charge in [-0.15, -0.1) is 0 Å². The van der Waals surface area contributed by atoms with E-state index in [1.807, 2.05) is 12.1 Å². The van der Waals surface area contributed by atoms with Gasteiger partial charge in [0.1, 0.15) is 23.8 Å². The highest BCUT2D eigenvalue weighted by molar-refractivity contribution is 5.59. The molecule has 1 N–H and O–H groups in total. The maximum atomic E-state index is 13.2. The molecule has 3 rings (SSSR count). The Morgan fingerprint density at radius 1 is 1.14 bits per heavy atom. The van der Waals surface area contributed by atoms with Crippen molar-refractivity contribution in [1.82, 2.24) is 14.9 Å². The summed E-state index contributed by atoms with van der Waals surface area (Å²) in [6.45, 7) is 7.29. The number of likely N-dealkylation sites (N-methyl/N-ethyl adjacent to an activating group) is 1. The molecule has 6 heteroatoms. The molecule has 0 aliphatic carbocycles. The van der Waals surface area contributed by atoms with Crippen molar-refractivity contribution in [1.29, 1.82) is 0 Å². The molecule has 116 valence electrons. The zero-order valence-corrected chi connectivity index (χ0v) is 12.7. The minimum absolute atomic E-state index is 0.269. The number of nitrogens with zero attached hydrogens (tertiary/aromatic N) is 4. The van der Waals surface area contributed by atoms with Gasteiger partial charge < -0.3 is 15.1 Å². The Bertz CT molecular complexity index is 625. The summed E-state index contributed by atoms with van der Waals surface area (Å²) in [5, 5.41) is 3.12. The van der Waals surface area contributed by atoms with Crippen molar-refractivity contribution in [2.24, 2.45) is 0 Å². The maximum absolute atomic E-state index is 13.2. The van der Waals surface area contributed by atoms with Crippen LogP contribution < -0.4 is 10.2 Å². The van der Waals surface area contributed by atoms with Gasteiger partial charge in [0.2, 0.25) is 0 Å². The fourth-order valence-electron chi connectivity index (χ4n) is 2.60. The van der Waals surface area contributed by atoms with E-state index in [9.17, 15) is 4.39 Å². The molecule has 1 aliphatic heterocycles. The van der Waals surface area contributed by atoms with Gasteiger partial charge >= 0.3 is 0 Å². The summed E-state index contributed by atoms with van der Waals surface area (Å²) in [6, 6.07) is 8.26. The average Bonchev–Trinajstić information content (AvgIpc) is 2.55. The number of halogens is 1. The van der Waals surface area contributed by atoms with Gasteiger partial charge in [-0.25, -0.2) is 14.4 Å². The van der Waals surface area contributed by atoms with Crippen LogP contribution in [0.2, 0.25) is 0 Å². The summed E-state index contributed by atoms with van der Waals surface area (Å²) in [7, 11) is 0. The Kier molecular flexibility index (Phi) is 4.48. The van der Waals surface area contributed by atoms with Crippen LogP contribution >= 0.6 is 0 Å². The van der Waals surface area contributed by atoms with Crippen LogP contribution in [-0.2, 0) is 0 Å². The lowest BCUT2D eigenvalue weighted by molar-refractivity contribution is 0.270. The van der Waals surface area contributed by atoms with E-state index < -0.39 is 0 Å². The Hall–Kier alpha value is -2.21. The summed E-state index contributed by atoms with van der Waals surface area (Å²) in [4.78, 5) is 13.2. The summed E-state index contributed by atoms with van der Waals surface area (Å²) in [6.07, 6.45) is 1.54. The van der Waals surface area contributed by atoms with Gasteiger partial charge in [0.15, 0.2) is 0 Å². The van der Waals surface area contributed by atoms with E-state index in [1.54, 1.807) is 12.4 Å². The molecule has 1 aromatic heterocycles. The predicted octanol–water partition coefficient (Wildman–Crippen LogP) is 2.50. The standard InChI is InChI=1S/C16H20FN5/c1-2-21-6-8-22(9-7-21)16-11-15(18-12-19-16)20-14-5-3-4-13(17)10-14/h3-5,10-12H,2,6-9H2,1H3,(H,18,19,20). The maximum Gasteiger partial charge on any atom is 0.135 e. The van der Waals surface area contributed by atoms with Crippen LogP contribution in [0.4, 0.5) is 21.7 Å². The number of hydrogen-bond acceptors (Lipinski definition) is 5. The number of piperazine rings is 1. The predicted molar refractivity (Wildman–Crippen MR) is 86.0 cm³/mol. The SMILES string of the molecule is CCN1CCN(c2cc(Nc3cccc(F)c3)ncn2)CC1. The summed E-state index contributed by atoms with van der Waals surface area (Å²) >= 11 is 0. The molecule has 0 atom stereocenters. The average molecular weight is 301 g/mol. The van der Waals surface area contributed by atoms with E-state index in [0.717, 1.165) is 38.5 Å². The van der Waals surface area contributed by atoms with E-state index >= 15 is 0 Å². The molecule has 1 aromatic carbocycles. The fourth-order valence-corrected chi connectivity index (χ4v) is 2.60. The Morgan fingerprint density at radius 3 is 2.68 bits per heavy atom. The lowest BCUT2D eigenvalue weighted by Crippen LogP contribution is -2.46. The number of hydrogen-bond donors (Lipinski definition) is 1. The fraction of sp³-hybridized carbons (Fsp3) is 0.375. The Labute approximate surface area is 129 Å². The minimum atomic E-state index is -0.269. The zero-order chi connectivity index (χ0) is 15.4. The number of rotatable bonds is 4. The van der Waals surface area contributed by atoms with Gasteiger partial charge in [0.05, 0.1) is 0 Å². The molecule has 0 amide bonds. The largest absolute Gasteiger partial charge is 0.354 e. The summed E-state index contributed by atoms with van der Waals surface area (Å²) < 4.78 is 13.2. The minimum Gasteiger partial charge on any atom is -0.354 e. The molecule has 5 nitrogen and oxygen atoms in total. The molecule has 2 heterocycles. The molecule has 1 fully saturated rings. The van der Waals surface area contributed by atoms with E-state index in [1.165, 1.54) is 12.1 Å². The molecule has 0 bridgehead atoms. The van der Waals surface area contributed by atoms with Gasteiger partial charge in [-0.3, -0.25) is 0 Å². The van der Waals surface area contributed by atoms with Crippen LogP contribution in [0, 0.1) is 5.82 Å². The molecular formula is C16H20FN5. The third-order valence-corrected chi connectivity index (χ3v) is 3.89. The third-order valence-electron chi connectivity index (χ3n) is 3.89. The van der Waals surface area contributed by atoms with Crippen LogP contribution in [0.15, 0.2) is 36.7 Å². The molecule has 0 spiro atoms. The molecule has 1 saturated heterocycles. The first-order chi connectivity index (χ1) is 10.7. The van der Waals surface area contributed by atoms with Crippen molar-refractivity contribution in [2.75, 3.05) is 42.9 Å². The highest BCUT2D eigenvalue weighted by atomic mass is 19.1. The van der Waals surface area contributed by atoms with Crippen LogP contribution in [0.5, 0.6) is 0 Å². The van der Waals surface area contributed by atoms with Gasteiger partial charge in [-0.2, -0.15) is 0 Å². The molecule has 1 aliphatic rings. The van der Waals surface area contributed by atoms with Crippen LogP contribution in [-0.4, -0.2) is 47.6 Å². The molecule has 0 saturated carbocycles. The number of nitrogens with one attached hydrogen (secondary N) is 1. The number of benzene rings is 1. The summed E-state index contributed by atoms with van der Waals surface area (Å²) in [5.74, 6) is 1.31. The third kappa shape index (κ3) is 3.51. The molecule has 2 aromatic rings. The van der Waals surface area contributed by atoms with Gasteiger partial charge in [0, 0.05) is 37.9 Å². The molecule has 0 unspecified atom stereocenters. The molecule has 0 radical (unpaired) electrons. The van der Waals surface area contributed by atoms with Crippen molar-refractivity contribution in [2.45, 2.75) is 6.92 Å². The smallest absolute Gasteiger partial charge is 0.135 e. The first kappa shape index (κ1) is 14.7. The Morgan fingerprint density at radius 2 is 1.95 bits per heavy atom. The van der Waals surface area contributed by atoms with Crippen molar-refractivity contribution < 1.29 is 4.39 Å². The highest BCUT2D eigenvalue weighted by Gasteiger charge is 2.17. The first-order valence-electron chi connectivity index (χ1n) is 7.56. The normalized spacial score (nSPS) is 15.8. The highest BCUT2D eigenvalue weighted by Crippen LogP contribution is 2.20. The van der Waals surface area contributed by atoms with Crippen molar-refractivity contribution in [3.8, 4) is 0 Å². The number of anilines is 3. The van der Waals surface area contributed by atoms with E-state index in [2.05, 4.69) is 32.0 Å². The van der Waals surface area contributed by atoms with Crippen molar-refractivity contribution >= 4 is 17.3 Å². The molecule has 22 heavy (non-hydrogen) atoms. The van der Waals surface area contributed by atoms with E-state index in [-0.39, 0.29) is 5.82 Å². The second kappa shape index (κ2) is 6.70. The topological polar surface area (TPSA) is 44.3 Å². The van der Waals surface area contributed by atoms with Crippen LogP contribution in [0.1, 0.15) is 6.92 Å². The second-order valence-corrected chi connectivity index (χ2v) is 5.32. The molecular weight excluding hydrogens is 281 g/mol. The van der Waals surface area contributed by atoms with Gasteiger partial charge in [0.25, 0.3) is 0 Å². The second-order valence-electron chi connectivity index (χ2n) is 5.32. The van der Waals surface area contributed by atoms with Gasteiger partial charge in [-0.1, -0.05) is 13.0 Å².